The molecular formula is C18H27N7. The Kier molecular flexibility index (Phi) is 4.57. The van der Waals surface area contributed by atoms with Crippen LogP contribution in [0.1, 0.15) is 24.1 Å². The molecule has 2 aliphatic rings. The second-order valence-electron chi connectivity index (χ2n) is 7.31. The van der Waals surface area contributed by atoms with Crippen molar-refractivity contribution in [1.29, 1.82) is 0 Å². The molecule has 0 radical (unpaired) electrons. The van der Waals surface area contributed by atoms with Gasteiger partial charge >= 0.3 is 0 Å². The minimum absolute atomic E-state index is 0.637. The first-order chi connectivity index (χ1) is 12.2. The number of imidazole rings is 1. The van der Waals surface area contributed by atoms with Crippen LogP contribution in [0, 0.1) is 5.92 Å². The molecule has 1 fully saturated rings. The number of anilines is 2. The molecule has 134 valence electrons. The van der Waals surface area contributed by atoms with E-state index in [2.05, 4.69) is 26.0 Å². The summed E-state index contributed by atoms with van der Waals surface area (Å²) in [6.45, 7) is 5.03. The first-order valence-electron chi connectivity index (χ1n) is 9.19. The minimum atomic E-state index is 0.637. The molecule has 0 aromatic carbocycles. The minimum Gasteiger partial charge on any atom is -0.356 e. The smallest absolute Gasteiger partial charge is 0.227 e. The van der Waals surface area contributed by atoms with Crippen molar-refractivity contribution in [1.82, 2.24) is 24.8 Å². The highest BCUT2D eigenvalue weighted by atomic mass is 15.3. The molecule has 2 aliphatic heterocycles. The van der Waals surface area contributed by atoms with Crippen molar-refractivity contribution in [2.45, 2.75) is 32.4 Å². The summed E-state index contributed by atoms with van der Waals surface area (Å²) in [4.78, 5) is 18.4. The molecule has 7 nitrogen and oxygen atoms in total. The largest absolute Gasteiger partial charge is 0.356 e. The Morgan fingerprint density at radius 1 is 1.32 bits per heavy atom. The molecule has 0 bridgehead atoms. The van der Waals surface area contributed by atoms with Gasteiger partial charge in [-0.05, 0) is 31.7 Å². The topological polar surface area (TPSA) is 62.1 Å². The first kappa shape index (κ1) is 16.3. The van der Waals surface area contributed by atoms with Crippen LogP contribution in [0.15, 0.2) is 18.7 Å². The van der Waals surface area contributed by atoms with Crippen molar-refractivity contribution < 1.29 is 0 Å². The number of nitrogens with zero attached hydrogens (tertiary/aromatic N) is 6. The number of hydrogen-bond acceptors (Lipinski definition) is 6. The van der Waals surface area contributed by atoms with Crippen molar-refractivity contribution >= 4 is 11.8 Å². The summed E-state index contributed by atoms with van der Waals surface area (Å²) in [7, 11) is 4.03. The Morgan fingerprint density at radius 3 is 3.04 bits per heavy atom. The van der Waals surface area contributed by atoms with Gasteiger partial charge in [0.25, 0.3) is 0 Å². The lowest BCUT2D eigenvalue weighted by atomic mass is 9.96. The van der Waals surface area contributed by atoms with Gasteiger partial charge in [0.05, 0.1) is 12.0 Å². The van der Waals surface area contributed by atoms with Gasteiger partial charge in [-0.2, -0.15) is 4.98 Å². The van der Waals surface area contributed by atoms with E-state index in [1.54, 1.807) is 0 Å². The quantitative estimate of drug-likeness (QED) is 0.904. The third-order valence-corrected chi connectivity index (χ3v) is 5.15. The monoisotopic (exact) mass is 341 g/mol. The standard InChI is InChI=1S/C18H27N7/c1-23(2)18-21-16-10-19-6-5-15(16)17(22-18)25-8-3-4-14(12-25)11-24-9-7-20-13-24/h7,9,13-14,19H,3-6,8,10-12H2,1-2H3/t14-/m1/s1. The van der Waals surface area contributed by atoms with Gasteiger partial charge in [0.1, 0.15) is 5.82 Å². The van der Waals surface area contributed by atoms with E-state index >= 15 is 0 Å². The molecule has 1 saturated heterocycles. The summed E-state index contributed by atoms with van der Waals surface area (Å²) in [6, 6.07) is 0. The van der Waals surface area contributed by atoms with Gasteiger partial charge in [0.15, 0.2) is 0 Å². The predicted molar refractivity (Wildman–Crippen MR) is 98.9 cm³/mol. The summed E-state index contributed by atoms with van der Waals surface area (Å²) in [5.41, 5.74) is 2.50. The van der Waals surface area contributed by atoms with Crippen LogP contribution >= 0.6 is 0 Å². The van der Waals surface area contributed by atoms with E-state index in [-0.39, 0.29) is 0 Å². The second kappa shape index (κ2) is 7.00. The zero-order valence-corrected chi connectivity index (χ0v) is 15.1. The van der Waals surface area contributed by atoms with E-state index in [0.717, 1.165) is 56.6 Å². The Labute approximate surface area is 149 Å². The summed E-state index contributed by atoms with van der Waals surface area (Å²) in [5.74, 6) is 2.61. The molecule has 0 spiro atoms. The summed E-state index contributed by atoms with van der Waals surface area (Å²) in [6.07, 6.45) is 9.33. The molecule has 1 atom stereocenters. The van der Waals surface area contributed by atoms with Gasteiger partial charge in [-0.15, -0.1) is 0 Å². The fourth-order valence-corrected chi connectivity index (χ4v) is 3.89. The van der Waals surface area contributed by atoms with Crippen LogP contribution in [0.25, 0.3) is 0 Å². The predicted octanol–water partition coefficient (Wildman–Crippen LogP) is 1.30. The fraction of sp³-hybridized carbons (Fsp3) is 0.611. The van der Waals surface area contributed by atoms with E-state index < -0.39 is 0 Å². The number of aromatic nitrogens is 4. The van der Waals surface area contributed by atoms with E-state index in [0.29, 0.717) is 5.92 Å². The van der Waals surface area contributed by atoms with E-state index in [9.17, 15) is 0 Å². The zero-order chi connectivity index (χ0) is 17.2. The lowest BCUT2D eigenvalue weighted by Gasteiger charge is -2.36. The highest BCUT2D eigenvalue weighted by Crippen LogP contribution is 2.30. The van der Waals surface area contributed by atoms with Crippen LogP contribution in [0.4, 0.5) is 11.8 Å². The number of piperidine rings is 1. The molecule has 7 heteroatoms. The molecule has 0 amide bonds. The number of hydrogen-bond donors (Lipinski definition) is 1. The zero-order valence-electron chi connectivity index (χ0n) is 15.1. The van der Waals surface area contributed by atoms with Crippen LogP contribution in [-0.2, 0) is 19.5 Å². The number of rotatable bonds is 4. The highest BCUT2D eigenvalue weighted by molar-refractivity contribution is 5.54. The number of fused-ring (bicyclic) bond motifs is 1. The van der Waals surface area contributed by atoms with Crippen molar-refractivity contribution in [3.05, 3.63) is 30.0 Å². The molecule has 0 unspecified atom stereocenters. The van der Waals surface area contributed by atoms with Crippen molar-refractivity contribution in [3.63, 3.8) is 0 Å². The van der Waals surface area contributed by atoms with Crippen LogP contribution < -0.4 is 15.1 Å². The maximum Gasteiger partial charge on any atom is 0.227 e. The maximum atomic E-state index is 4.93. The molecule has 0 aliphatic carbocycles. The van der Waals surface area contributed by atoms with Crippen molar-refractivity contribution in [2.24, 2.45) is 5.92 Å². The molecule has 4 rings (SSSR count). The van der Waals surface area contributed by atoms with Crippen LogP contribution in [0.2, 0.25) is 0 Å². The highest BCUT2D eigenvalue weighted by Gasteiger charge is 2.26. The molecular weight excluding hydrogens is 314 g/mol. The third kappa shape index (κ3) is 3.46. The first-order valence-corrected chi connectivity index (χ1v) is 9.19. The summed E-state index contributed by atoms with van der Waals surface area (Å²) >= 11 is 0. The van der Waals surface area contributed by atoms with Gasteiger partial charge in [-0.3, -0.25) is 0 Å². The van der Waals surface area contributed by atoms with Gasteiger partial charge < -0.3 is 19.7 Å². The van der Waals surface area contributed by atoms with Crippen molar-refractivity contribution in [3.8, 4) is 0 Å². The summed E-state index contributed by atoms with van der Waals surface area (Å²) < 4.78 is 2.19. The lowest BCUT2D eigenvalue weighted by molar-refractivity contribution is 0.364. The van der Waals surface area contributed by atoms with Gasteiger partial charge in [0.2, 0.25) is 5.95 Å². The molecule has 1 N–H and O–H groups in total. The van der Waals surface area contributed by atoms with Gasteiger partial charge in [0, 0.05) is 58.2 Å². The van der Waals surface area contributed by atoms with Gasteiger partial charge in [-0.1, -0.05) is 0 Å². The molecule has 0 saturated carbocycles. The average Bonchev–Trinajstić information content (AvgIpc) is 3.14. The van der Waals surface area contributed by atoms with Crippen LogP contribution in [0.5, 0.6) is 0 Å². The molecule has 25 heavy (non-hydrogen) atoms. The summed E-state index contributed by atoms with van der Waals surface area (Å²) in [5, 5.41) is 3.44. The Balaban J connectivity index is 1.60. The number of nitrogens with one attached hydrogen (secondary N) is 1. The fourth-order valence-electron chi connectivity index (χ4n) is 3.89. The normalized spacial score (nSPS) is 20.4. The van der Waals surface area contributed by atoms with E-state index in [1.807, 2.05) is 31.5 Å². The van der Waals surface area contributed by atoms with Crippen molar-refractivity contribution in [2.75, 3.05) is 43.5 Å². The van der Waals surface area contributed by atoms with Gasteiger partial charge in [-0.25, -0.2) is 9.97 Å². The Bertz CT molecular complexity index is 710. The Hall–Kier alpha value is -2.15. The molecule has 2 aromatic heterocycles. The molecule has 4 heterocycles. The SMILES string of the molecule is CN(C)c1nc2c(c(N3CCC[C@H](Cn4ccnc4)C3)n1)CCNC2. The lowest BCUT2D eigenvalue weighted by Crippen LogP contribution is -2.39. The second-order valence-corrected chi connectivity index (χ2v) is 7.31. The third-order valence-electron chi connectivity index (χ3n) is 5.15. The van der Waals surface area contributed by atoms with Crippen LogP contribution in [-0.4, -0.2) is 53.2 Å². The Morgan fingerprint density at radius 2 is 2.24 bits per heavy atom. The van der Waals surface area contributed by atoms with E-state index in [1.165, 1.54) is 18.4 Å². The average molecular weight is 341 g/mol. The van der Waals surface area contributed by atoms with Crippen LogP contribution in [0.3, 0.4) is 0 Å². The maximum absolute atomic E-state index is 4.93. The van der Waals surface area contributed by atoms with E-state index in [4.69, 9.17) is 9.97 Å². The molecule has 2 aromatic rings.